The molecule has 0 radical (unpaired) electrons. The molecule has 1 aromatic heterocycles. The standard InChI is InChI=1S/C25H16ClFN2O3S/c26-16-12-14(7-8-17(16)27)29-24(31)19-20(25(29)32)22(23(30)18-6-3-11-33-18)28-10-9-13-4-1-2-5-15(13)21(19)28/h1-12,19-22H/t19-,20-,21-,22+/m1/s1. The zero-order chi connectivity index (χ0) is 22.9. The molecule has 8 heteroatoms. The number of hydrogen-bond donors (Lipinski definition) is 0. The molecule has 3 aromatic rings. The van der Waals surface area contributed by atoms with E-state index in [-0.39, 0.29) is 16.5 Å². The van der Waals surface area contributed by atoms with Crippen molar-refractivity contribution in [3.8, 4) is 0 Å². The van der Waals surface area contributed by atoms with Gasteiger partial charge in [0, 0.05) is 6.20 Å². The topological polar surface area (TPSA) is 57.7 Å². The number of rotatable bonds is 3. The summed E-state index contributed by atoms with van der Waals surface area (Å²) in [6.45, 7) is 0. The van der Waals surface area contributed by atoms with Gasteiger partial charge in [0.15, 0.2) is 5.78 Å². The Hall–Kier alpha value is -3.29. The van der Waals surface area contributed by atoms with E-state index < -0.39 is 41.6 Å². The fourth-order valence-corrected chi connectivity index (χ4v) is 6.17. The first-order chi connectivity index (χ1) is 16.0. The van der Waals surface area contributed by atoms with Gasteiger partial charge in [-0.2, -0.15) is 0 Å². The highest BCUT2D eigenvalue weighted by Gasteiger charge is 2.64. The van der Waals surface area contributed by atoms with Gasteiger partial charge in [0.25, 0.3) is 0 Å². The predicted molar refractivity (Wildman–Crippen MR) is 123 cm³/mol. The van der Waals surface area contributed by atoms with E-state index >= 15 is 0 Å². The van der Waals surface area contributed by atoms with Crippen molar-refractivity contribution in [1.82, 2.24) is 4.90 Å². The van der Waals surface area contributed by atoms with Gasteiger partial charge < -0.3 is 4.90 Å². The average Bonchev–Trinajstić information content (AvgIpc) is 3.52. The van der Waals surface area contributed by atoms with Gasteiger partial charge in [-0.1, -0.05) is 41.9 Å². The molecule has 4 heterocycles. The summed E-state index contributed by atoms with van der Waals surface area (Å²) < 4.78 is 13.7. The van der Waals surface area contributed by atoms with Gasteiger partial charge >= 0.3 is 0 Å². The molecular weight excluding hydrogens is 463 g/mol. The molecule has 2 saturated heterocycles. The first kappa shape index (κ1) is 20.3. The maximum Gasteiger partial charge on any atom is 0.240 e. The molecule has 2 amide bonds. The number of imide groups is 1. The Balaban J connectivity index is 1.51. The summed E-state index contributed by atoms with van der Waals surface area (Å²) in [6, 6.07) is 13.7. The molecular formula is C25H16ClFN2O3S. The maximum absolute atomic E-state index is 13.7. The molecule has 0 bridgehead atoms. The zero-order valence-corrected chi connectivity index (χ0v) is 18.6. The zero-order valence-electron chi connectivity index (χ0n) is 17.0. The Morgan fingerprint density at radius 3 is 2.55 bits per heavy atom. The van der Waals surface area contributed by atoms with Crippen LogP contribution in [-0.2, 0) is 9.59 Å². The average molecular weight is 479 g/mol. The fourth-order valence-electron chi connectivity index (χ4n) is 5.30. The maximum atomic E-state index is 13.7. The van der Waals surface area contributed by atoms with Crippen molar-refractivity contribution in [2.45, 2.75) is 12.1 Å². The molecule has 0 aliphatic carbocycles. The van der Waals surface area contributed by atoms with Gasteiger partial charge in [0.05, 0.1) is 33.5 Å². The summed E-state index contributed by atoms with van der Waals surface area (Å²) in [7, 11) is 0. The summed E-state index contributed by atoms with van der Waals surface area (Å²) in [5, 5.41) is 1.64. The number of hydrogen-bond acceptors (Lipinski definition) is 5. The molecule has 5 nitrogen and oxygen atoms in total. The summed E-state index contributed by atoms with van der Waals surface area (Å²) in [4.78, 5) is 44.5. The Kier molecular flexibility index (Phi) is 4.54. The largest absolute Gasteiger partial charge is 0.358 e. The van der Waals surface area contributed by atoms with Crippen LogP contribution in [0.3, 0.4) is 0 Å². The van der Waals surface area contributed by atoms with Crippen molar-refractivity contribution < 1.29 is 18.8 Å². The van der Waals surface area contributed by atoms with Crippen LogP contribution in [0, 0.1) is 17.7 Å². The van der Waals surface area contributed by atoms with Gasteiger partial charge in [-0.25, -0.2) is 9.29 Å². The lowest BCUT2D eigenvalue weighted by molar-refractivity contribution is -0.123. The van der Waals surface area contributed by atoms with E-state index in [1.807, 2.05) is 46.8 Å². The molecule has 3 aliphatic heterocycles. The number of nitrogens with zero attached hydrogens (tertiary/aromatic N) is 2. The van der Waals surface area contributed by atoms with Gasteiger partial charge in [-0.15, -0.1) is 11.3 Å². The Morgan fingerprint density at radius 1 is 1.00 bits per heavy atom. The second-order valence-electron chi connectivity index (χ2n) is 8.28. The highest BCUT2D eigenvalue weighted by Crippen LogP contribution is 2.53. The van der Waals surface area contributed by atoms with Gasteiger partial charge in [-0.3, -0.25) is 14.4 Å². The van der Waals surface area contributed by atoms with Crippen molar-refractivity contribution in [3.05, 3.63) is 93.0 Å². The smallest absolute Gasteiger partial charge is 0.240 e. The molecule has 0 saturated carbocycles. The highest BCUT2D eigenvalue weighted by molar-refractivity contribution is 7.12. The first-order valence-electron chi connectivity index (χ1n) is 10.4. The molecule has 2 fully saturated rings. The number of carbonyl (C=O) groups is 3. The normalized spacial score (nSPS) is 25.3. The van der Waals surface area contributed by atoms with Crippen molar-refractivity contribution in [1.29, 1.82) is 0 Å². The number of anilines is 1. The highest BCUT2D eigenvalue weighted by atomic mass is 35.5. The minimum absolute atomic E-state index is 0.177. The molecule has 3 aliphatic rings. The number of benzene rings is 2. The van der Waals surface area contributed by atoms with Crippen LogP contribution < -0.4 is 4.90 Å². The quantitative estimate of drug-likeness (QED) is 0.395. The third-order valence-electron chi connectivity index (χ3n) is 6.66. The Labute approximate surface area is 197 Å². The van der Waals surface area contributed by atoms with E-state index in [1.165, 1.54) is 23.5 Å². The molecule has 6 rings (SSSR count). The van der Waals surface area contributed by atoms with Crippen LogP contribution >= 0.6 is 22.9 Å². The van der Waals surface area contributed by atoms with Crippen molar-refractivity contribution >= 4 is 52.3 Å². The molecule has 0 N–H and O–H groups in total. The SMILES string of the molecule is O=C(c1cccs1)[C@@H]1[C@@H]2C(=O)N(c3ccc(F)c(Cl)c3)C(=O)[C@H]2[C@H]2c3ccccc3C=CN12. The summed E-state index contributed by atoms with van der Waals surface area (Å²) in [6.07, 6.45) is 3.73. The number of carbonyl (C=O) groups excluding carboxylic acids is 3. The van der Waals surface area contributed by atoms with E-state index in [2.05, 4.69) is 0 Å². The van der Waals surface area contributed by atoms with Gasteiger partial charge in [-0.05, 0) is 46.8 Å². The van der Waals surface area contributed by atoms with Crippen LogP contribution in [-0.4, -0.2) is 28.5 Å². The molecule has 33 heavy (non-hydrogen) atoms. The number of amides is 2. The van der Waals surface area contributed by atoms with Crippen molar-refractivity contribution in [2.75, 3.05) is 4.90 Å². The first-order valence-corrected chi connectivity index (χ1v) is 11.7. The number of Topliss-reactive ketones (excluding diaryl/α,β-unsaturated/α-hetero) is 1. The fraction of sp³-hybridized carbons (Fsp3) is 0.160. The van der Waals surface area contributed by atoms with Crippen LogP contribution in [0.2, 0.25) is 5.02 Å². The molecule has 0 unspecified atom stereocenters. The minimum Gasteiger partial charge on any atom is -0.358 e. The third-order valence-corrected chi connectivity index (χ3v) is 7.83. The second kappa shape index (κ2) is 7.37. The van der Waals surface area contributed by atoms with Crippen molar-refractivity contribution in [3.63, 3.8) is 0 Å². The number of fused-ring (bicyclic) bond motifs is 5. The Morgan fingerprint density at radius 2 is 1.79 bits per heavy atom. The van der Waals surface area contributed by atoms with E-state index in [0.29, 0.717) is 4.88 Å². The monoisotopic (exact) mass is 478 g/mol. The lowest BCUT2D eigenvalue weighted by atomic mass is 9.84. The predicted octanol–water partition coefficient (Wildman–Crippen LogP) is 4.94. The van der Waals surface area contributed by atoms with Crippen LogP contribution in [0.5, 0.6) is 0 Å². The van der Waals surface area contributed by atoms with E-state index in [1.54, 1.807) is 12.1 Å². The van der Waals surface area contributed by atoms with Crippen LogP contribution in [0.15, 0.2) is 66.2 Å². The van der Waals surface area contributed by atoms with E-state index in [0.717, 1.165) is 22.1 Å². The van der Waals surface area contributed by atoms with Crippen molar-refractivity contribution in [2.24, 2.45) is 11.8 Å². The molecule has 4 atom stereocenters. The summed E-state index contributed by atoms with van der Waals surface area (Å²) in [5.74, 6) is -3.31. The molecule has 2 aromatic carbocycles. The lowest BCUT2D eigenvalue weighted by Gasteiger charge is -2.35. The number of ketones is 1. The number of halogens is 2. The van der Waals surface area contributed by atoms with Gasteiger partial charge in [0.1, 0.15) is 11.9 Å². The van der Waals surface area contributed by atoms with E-state index in [4.69, 9.17) is 11.6 Å². The molecule has 0 spiro atoms. The van der Waals surface area contributed by atoms with Crippen LogP contribution in [0.4, 0.5) is 10.1 Å². The molecule has 164 valence electrons. The number of thiophene rings is 1. The van der Waals surface area contributed by atoms with E-state index in [9.17, 15) is 18.8 Å². The van der Waals surface area contributed by atoms with Crippen LogP contribution in [0.1, 0.15) is 26.8 Å². The summed E-state index contributed by atoms with van der Waals surface area (Å²) >= 11 is 7.25. The van der Waals surface area contributed by atoms with Gasteiger partial charge in [0.2, 0.25) is 11.8 Å². The summed E-state index contributed by atoms with van der Waals surface area (Å²) in [5.41, 5.74) is 2.06. The minimum atomic E-state index is -0.864. The third kappa shape index (κ3) is 2.85. The lowest BCUT2D eigenvalue weighted by Crippen LogP contribution is -2.44. The second-order valence-corrected chi connectivity index (χ2v) is 9.64. The van der Waals surface area contributed by atoms with Crippen LogP contribution in [0.25, 0.3) is 6.08 Å². The Bertz CT molecular complexity index is 1360.